The van der Waals surface area contributed by atoms with E-state index in [1.807, 2.05) is 0 Å². The second-order valence-corrected chi connectivity index (χ2v) is 5.84. The number of aliphatic hydroxyl groups is 1. The molecule has 25 heavy (non-hydrogen) atoms. The molecule has 132 valence electrons. The minimum Gasteiger partial charge on any atom is -0.382 e. The summed E-state index contributed by atoms with van der Waals surface area (Å²) in [6.45, 7) is 1.60. The number of halogens is 3. The fraction of sp³-hybridized carbons (Fsp3) is 0.312. The number of hydrogen-bond acceptors (Lipinski definition) is 4. The van der Waals surface area contributed by atoms with Crippen LogP contribution in [-0.4, -0.2) is 32.3 Å². The second-order valence-electron chi connectivity index (χ2n) is 5.84. The lowest BCUT2D eigenvalue weighted by Crippen LogP contribution is -2.79. The van der Waals surface area contributed by atoms with Gasteiger partial charge in [0.25, 0.3) is 0 Å². The van der Waals surface area contributed by atoms with Gasteiger partial charge in [-0.3, -0.25) is 5.32 Å². The molecular weight excluding hydrogens is 335 g/mol. The van der Waals surface area contributed by atoms with E-state index in [9.17, 15) is 18.3 Å². The highest BCUT2D eigenvalue weighted by Gasteiger charge is 2.43. The van der Waals surface area contributed by atoms with Gasteiger partial charge in [-0.2, -0.15) is 9.49 Å². The van der Waals surface area contributed by atoms with Gasteiger partial charge < -0.3 is 5.11 Å². The van der Waals surface area contributed by atoms with Crippen LogP contribution in [0.4, 0.5) is 13.2 Å². The maximum Gasteiger partial charge on any atom is 0.197 e. The van der Waals surface area contributed by atoms with E-state index in [0.29, 0.717) is 6.07 Å². The number of quaternary nitrogens is 1. The summed E-state index contributed by atoms with van der Waals surface area (Å²) >= 11 is 0. The molecule has 1 aliphatic heterocycles. The molecule has 0 radical (unpaired) electrons. The minimum atomic E-state index is -1.91. The number of rotatable bonds is 5. The van der Waals surface area contributed by atoms with E-state index in [2.05, 4.69) is 15.1 Å². The first-order valence-electron chi connectivity index (χ1n) is 7.66. The molecule has 3 rings (SSSR count). The zero-order valence-corrected chi connectivity index (χ0v) is 13.4. The number of nitrogens with zero attached hydrogens (tertiary/aromatic N) is 4. The van der Waals surface area contributed by atoms with Gasteiger partial charge in [-0.15, -0.1) is 0 Å². The van der Waals surface area contributed by atoms with E-state index in [4.69, 9.17) is 0 Å². The molecule has 1 aromatic heterocycles. The predicted octanol–water partition coefficient (Wildman–Crippen LogP) is 0.867. The molecule has 6 nitrogen and oxygen atoms in total. The maximum atomic E-state index is 14.4. The third-order valence-electron chi connectivity index (χ3n) is 4.27. The highest BCUT2D eigenvalue weighted by Crippen LogP contribution is 2.36. The van der Waals surface area contributed by atoms with E-state index in [1.54, 1.807) is 5.32 Å². The molecule has 0 bridgehead atoms. The molecule has 0 spiro atoms. The van der Waals surface area contributed by atoms with Gasteiger partial charge in [0, 0.05) is 17.5 Å². The molecule has 9 heteroatoms. The van der Waals surface area contributed by atoms with E-state index < -0.39 is 29.0 Å². The van der Waals surface area contributed by atoms with Crippen molar-refractivity contribution in [2.75, 3.05) is 6.67 Å². The van der Waals surface area contributed by atoms with E-state index in [1.165, 1.54) is 30.5 Å². The van der Waals surface area contributed by atoms with Gasteiger partial charge in [0.05, 0.1) is 12.3 Å². The van der Waals surface area contributed by atoms with Crippen LogP contribution in [0.15, 0.2) is 47.9 Å². The Hall–Kier alpha value is -2.52. The quantitative estimate of drug-likeness (QED) is 0.838. The van der Waals surface area contributed by atoms with Crippen molar-refractivity contribution in [2.45, 2.75) is 19.1 Å². The average Bonchev–Trinajstić information content (AvgIpc) is 3.07. The Morgan fingerprint density at radius 1 is 1.36 bits per heavy atom. The highest BCUT2D eigenvalue weighted by molar-refractivity contribution is 6.00. The van der Waals surface area contributed by atoms with Crippen LogP contribution in [-0.2, 0) is 12.1 Å². The van der Waals surface area contributed by atoms with Crippen molar-refractivity contribution in [1.82, 2.24) is 14.8 Å². The number of benzene rings is 1. The van der Waals surface area contributed by atoms with Crippen molar-refractivity contribution in [2.24, 2.45) is 10.9 Å². The minimum absolute atomic E-state index is 0.0221. The van der Waals surface area contributed by atoms with E-state index in [0.717, 1.165) is 12.1 Å². The Morgan fingerprint density at radius 3 is 2.80 bits per heavy atom. The fourth-order valence-electron chi connectivity index (χ4n) is 2.90. The smallest absolute Gasteiger partial charge is 0.197 e. The first-order chi connectivity index (χ1) is 11.9. The number of aliphatic imine (C=N–C) groups is 1. The highest BCUT2D eigenvalue weighted by atomic mass is 19.1. The molecular formula is C16H17F3N5O+. The first kappa shape index (κ1) is 17.3. The number of aromatic nitrogens is 3. The number of nitrogens with two attached hydrogens (primary N) is 1. The van der Waals surface area contributed by atoms with Gasteiger partial charge in [0.1, 0.15) is 36.1 Å². The zero-order chi connectivity index (χ0) is 18.0. The summed E-state index contributed by atoms with van der Waals surface area (Å²) < 4.78 is 43.2. The summed E-state index contributed by atoms with van der Waals surface area (Å²) in [5.74, 6) is -3.21. The number of allylic oxidation sites excluding steroid dienone is 1. The van der Waals surface area contributed by atoms with Crippen LogP contribution in [0.3, 0.4) is 0 Å². The lowest BCUT2D eigenvalue weighted by molar-refractivity contribution is -0.588. The van der Waals surface area contributed by atoms with Gasteiger partial charge in [-0.05, 0) is 6.07 Å². The zero-order valence-electron chi connectivity index (χ0n) is 13.4. The van der Waals surface area contributed by atoms with Crippen LogP contribution in [0.1, 0.15) is 12.5 Å². The van der Waals surface area contributed by atoms with Gasteiger partial charge in [-0.25, -0.2) is 23.4 Å². The number of hydrogen-bond donors (Lipinski definition) is 2. The van der Waals surface area contributed by atoms with Gasteiger partial charge in [0.15, 0.2) is 12.5 Å². The maximum absolute atomic E-state index is 14.4. The summed E-state index contributed by atoms with van der Waals surface area (Å²) in [5, 5.41) is 16.8. The van der Waals surface area contributed by atoms with Gasteiger partial charge in [-0.1, -0.05) is 13.0 Å². The summed E-state index contributed by atoms with van der Waals surface area (Å²) in [6, 6.07) is 2.87. The summed E-state index contributed by atoms with van der Waals surface area (Å²) in [4.78, 5) is 7.88. The van der Waals surface area contributed by atoms with Crippen LogP contribution in [0.25, 0.3) is 0 Å². The molecule has 2 unspecified atom stereocenters. The molecule has 1 aliphatic rings. The van der Waals surface area contributed by atoms with Crippen LogP contribution in [0.2, 0.25) is 0 Å². The fourth-order valence-corrected chi connectivity index (χ4v) is 2.90. The third kappa shape index (κ3) is 3.33. The molecule has 0 saturated carbocycles. The molecule has 3 N–H and O–H groups in total. The second kappa shape index (κ2) is 6.77. The first-order valence-corrected chi connectivity index (χ1v) is 7.66. The van der Waals surface area contributed by atoms with Gasteiger partial charge >= 0.3 is 0 Å². The molecule has 2 aromatic rings. The Kier molecular flexibility index (Phi) is 4.69. The van der Waals surface area contributed by atoms with Crippen molar-refractivity contribution in [3.05, 3.63) is 60.1 Å². The van der Waals surface area contributed by atoms with Crippen molar-refractivity contribution in [1.29, 1.82) is 0 Å². The van der Waals surface area contributed by atoms with Crippen LogP contribution in [0.5, 0.6) is 0 Å². The Bertz CT molecular complexity index is 821. The van der Waals surface area contributed by atoms with Crippen LogP contribution < -0.4 is 5.32 Å². The molecule has 1 aromatic carbocycles. The SMILES string of the molecule is CC(C1=NC[NH2+]C=C1F)C(O)(Cn1cncn1)c1ccc(F)cc1F. The lowest BCUT2D eigenvalue weighted by atomic mass is 9.78. The molecule has 0 aliphatic carbocycles. The summed E-state index contributed by atoms with van der Waals surface area (Å²) in [5.41, 5.74) is -2.05. The van der Waals surface area contributed by atoms with E-state index >= 15 is 0 Å². The molecule has 0 saturated heterocycles. The summed E-state index contributed by atoms with van der Waals surface area (Å²) in [6.07, 6.45) is 3.87. The Morgan fingerprint density at radius 2 is 2.16 bits per heavy atom. The standard InChI is InChI=1S/C16H16F3N5O/c1-10(15-14(19)5-20-7-22-15)16(25,6-24-9-21-8-23-24)12-3-2-11(17)4-13(12)18/h2-5,8-10,20,25H,6-7H2,1H3/p+1. The van der Waals surface area contributed by atoms with Gasteiger partial charge in [0.2, 0.25) is 0 Å². The normalized spacial score (nSPS) is 18.3. The Balaban J connectivity index is 2.08. The lowest BCUT2D eigenvalue weighted by Gasteiger charge is -2.35. The third-order valence-corrected chi connectivity index (χ3v) is 4.27. The Labute approximate surface area is 141 Å². The largest absolute Gasteiger partial charge is 0.382 e. The van der Waals surface area contributed by atoms with Crippen molar-refractivity contribution in [3.63, 3.8) is 0 Å². The topological polar surface area (TPSA) is 79.9 Å². The van der Waals surface area contributed by atoms with E-state index in [-0.39, 0.29) is 24.5 Å². The van der Waals surface area contributed by atoms with Crippen LogP contribution in [0, 0.1) is 17.6 Å². The predicted molar refractivity (Wildman–Crippen MR) is 82.9 cm³/mol. The average molecular weight is 352 g/mol. The molecule has 2 atom stereocenters. The van der Waals surface area contributed by atoms with Crippen LogP contribution >= 0.6 is 0 Å². The van der Waals surface area contributed by atoms with Crippen molar-refractivity contribution < 1.29 is 23.6 Å². The summed E-state index contributed by atoms with van der Waals surface area (Å²) in [7, 11) is 0. The molecule has 2 heterocycles. The monoisotopic (exact) mass is 352 g/mol. The van der Waals surface area contributed by atoms with Crippen molar-refractivity contribution >= 4 is 5.71 Å². The molecule has 0 fully saturated rings. The molecule has 0 amide bonds. The van der Waals surface area contributed by atoms with Crippen molar-refractivity contribution in [3.8, 4) is 0 Å².